The Morgan fingerprint density at radius 3 is 1.83 bits per heavy atom. The van der Waals surface area contributed by atoms with E-state index in [1.807, 2.05) is 30.3 Å². The summed E-state index contributed by atoms with van der Waals surface area (Å²) in [5.41, 5.74) is -3.22. The zero-order valence-electron chi connectivity index (χ0n) is 11.4. The highest BCUT2D eigenvalue weighted by Gasteiger charge is 2.37. The van der Waals surface area contributed by atoms with Crippen molar-refractivity contribution >= 4 is 26.3 Å². The smallest absolute Gasteiger partial charge is 0.187 e. The van der Waals surface area contributed by atoms with Crippen LogP contribution in [0.1, 0.15) is 26.7 Å². The van der Waals surface area contributed by atoms with Crippen molar-refractivity contribution in [3.05, 3.63) is 30.3 Å². The third-order valence-corrected chi connectivity index (χ3v) is 19.9. The minimum Gasteiger partial charge on any atom is -0.342 e. The number of thiol groups is 1. The van der Waals surface area contributed by atoms with Crippen molar-refractivity contribution < 1.29 is 9.79 Å². The summed E-state index contributed by atoms with van der Waals surface area (Å²) in [6.07, 6.45) is 3.97. The lowest BCUT2D eigenvalue weighted by atomic mass is 10.4. The molecule has 0 amide bonds. The summed E-state index contributed by atoms with van der Waals surface area (Å²) in [7, 11) is -2.48. The zero-order chi connectivity index (χ0) is 13.9. The lowest BCUT2D eigenvalue weighted by Crippen LogP contribution is -2.39. The van der Waals surface area contributed by atoms with Gasteiger partial charge in [-0.05, 0) is 35.5 Å². The highest BCUT2D eigenvalue weighted by Crippen LogP contribution is 2.63. The molecule has 1 aromatic rings. The third kappa shape index (κ3) is 2.59. The van der Waals surface area contributed by atoms with Crippen LogP contribution in [0, 0.1) is 0 Å². The molecule has 0 aliphatic carbocycles. The van der Waals surface area contributed by atoms with Crippen molar-refractivity contribution in [2.24, 2.45) is 0 Å². The van der Waals surface area contributed by atoms with Crippen molar-refractivity contribution in [1.82, 2.24) is 0 Å². The minimum absolute atomic E-state index is 0.833. The summed E-state index contributed by atoms with van der Waals surface area (Å²) in [5.74, 6) is 1.67. The average molecular weight is 308 g/mol. The van der Waals surface area contributed by atoms with Gasteiger partial charge < -0.3 is 9.79 Å². The Kier molecular flexibility index (Phi) is 5.19. The molecular formula is C13H25O2PS2. The summed E-state index contributed by atoms with van der Waals surface area (Å²) in [6.45, 7) is 4.20. The van der Waals surface area contributed by atoms with E-state index >= 15 is 0 Å². The highest BCUT2D eigenvalue weighted by molar-refractivity contribution is 8.75. The van der Waals surface area contributed by atoms with Crippen LogP contribution < -0.4 is 0 Å². The Hall–Kier alpha value is 0.270. The van der Waals surface area contributed by atoms with Gasteiger partial charge in [-0.15, -0.1) is 0 Å². The molecule has 0 radical (unpaired) electrons. The van der Waals surface area contributed by atoms with E-state index in [4.69, 9.17) is 0 Å². The van der Waals surface area contributed by atoms with Crippen LogP contribution in [0.4, 0.5) is 0 Å². The van der Waals surface area contributed by atoms with Crippen LogP contribution in [0.25, 0.3) is 0 Å². The van der Waals surface area contributed by atoms with Crippen molar-refractivity contribution in [1.29, 1.82) is 0 Å². The Bertz CT molecular complexity index is 473. The standard InChI is InChI=1S/C13H25O2PS2/c1-4-11-18(3,12-5-2,16(14,15)17)13-9-7-6-8-10-13/h6-10,14-15,17H,4-5,11-12H2,1-3H3. The summed E-state index contributed by atoms with van der Waals surface area (Å²) < 4.78 is 0. The summed E-state index contributed by atoms with van der Waals surface area (Å²) >= 11 is 4.27. The zero-order valence-corrected chi connectivity index (χ0v) is 14.0. The van der Waals surface area contributed by atoms with Crippen LogP contribution in [0.3, 0.4) is 0 Å². The molecule has 0 heterocycles. The molecule has 0 atom stereocenters. The second-order valence-corrected chi connectivity index (χ2v) is 18.2. The fourth-order valence-electron chi connectivity index (χ4n) is 2.62. The van der Waals surface area contributed by atoms with Gasteiger partial charge in [-0.2, -0.15) is 8.34 Å². The predicted molar refractivity (Wildman–Crippen MR) is 88.7 cm³/mol. The molecule has 0 spiro atoms. The number of hydrogen-bond acceptors (Lipinski definition) is 0. The Morgan fingerprint density at radius 1 is 1.06 bits per heavy atom. The summed E-state index contributed by atoms with van der Waals surface area (Å²) in [4.78, 5) is 22.1. The largest absolute Gasteiger partial charge is 0.342 e. The van der Waals surface area contributed by atoms with Crippen LogP contribution in [-0.2, 0) is 8.34 Å². The maximum atomic E-state index is 10.5. The fourth-order valence-corrected chi connectivity index (χ4v) is 13.3. The van der Waals surface area contributed by atoms with Gasteiger partial charge in [-0.1, -0.05) is 56.4 Å². The first-order valence-corrected chi connectivity index (χ1v) is 12.5. The SMILES string of the molecule is CCCS(C)(CCC)(c1ccccc1)=P(O)(O)S. The van der Waals surface area contributed by atoms with Crippen LogP contribution in [0.5, 0.6) is 0 Å². The first-order chi connectivity index (χ1) is 8.29. The molecule has 0 aliphatic rings. The van der Waals surface area contributed by atoms with E-state index in [1.165, 1.54) is 0 Å². The molecule has 106 valence electrons. The van der Waals surface area contributed by atoms with Crippen molar-refractivity contribution in [3.8, 4) is 0 Å². The van der Waals surface area contributed by atoms with E-state index in [1.54, 1.807) is 0 Å². The maximum absolute atomic E-state index is 10.5. The fraction of sp³-hybridized carbons (Fsp3) is 0.538. The van der Waals surface area contributed by atoms with Gasteiger partial charge in [0, 0.05) is 0 Å². The first kappa shape index (κ1) is 16.3. The van der Waals surface area contributed by atoms with E-state index in [2.05, 4.69) is 32.4 Å². The van der Waals surface area contributed by atoms with Crippen LogP contribution in [0.2, 0.25) is 0 Å². The van der Waals surface area contributed by atoms with E-state index in [0.717, 1.165) is 29.2 Å². The van der Waals surface area contributed by atoms with Crippen LogP contribution in [0.15, 0.2) is 35.2 Å². The summed E-state index contributed by atoms with van der Waals surface area (Å²) in [5, 5.41) is 0. The molecule has 0 aliphatic heterocycles. The molecule has 0 unspecified atom stereocenters. The third-order valence-electron chi connectivity index (χ3n) is 3.62. The van der Waals surface area contributed by atoms with Gasteiger partial charge in [-0.25, -0.2) is 0 Å². The maximum Gasteiger partial charge on any atom is 0.187 e. The van der Waals surface area contributed by atoms with Crippen LogP contribution in [-0.4, -0.2) is 27.5 Å². The molecule has 0 fully saturated rings. The molecule has 0 aromatic heterocycles. The van der Waals surface area contributed by atoms with E-state index in [-0.39, 0.29) is 0 Å². The lowest BCUT2D eigenvalue weighted by Gasteiger charge is -2.50. The van der Waals surface area contributed by atoms with Crippen molar-refractivity contribution in [3.63, 3.8) is 0 Å². The number of hydrogen-bond donors (Lipinski definition) is 3. The number of rotatable bonds is 5. The van der Waals surface area contributed by atoms with E-state index in [9.17, 15) is 9.79 Å². The highest BCUT2D eigenvalue weighted by atomic mass is 33.0. The van der Waals surface area contributed by atoms with Crippen LogP contribution >= 0.6 is 17.9 Å². The van der Waals surface area contributed by atoms with Crippen molar-refractivity contribution in [2.75, 3.05) is 17.8 Å². The molecule has 0 saturated carbocycles. The van der Waals surface area contributed by atoms with Gasteiger partial charge in [0.1, 0.15) is 0 Å². The number of benzene rings is 1. The molecular weight excluding hydrogens is 283 g/mol. The quantitative estimate of drug-likeness (QED) is 0.572. The molecule has 1 aromatic carbocycles. The second-order valence-electron chi connectivity index (χ2n) is 5.04. The molecule has 5 heteroatoms. The second kappa shape index (κ2) is 5.72. The topological polar surface area (TPSA) is 40.5 Å². The molecule has 2 N–H and O–H groups in total. The van der Waals surface area contributed by atoms with Gasteiger partial charge in [-0.3, -0.25) is 0 Å². The van der Waals surface area contributed by atoms with E-state index in [0.29, 0.717) is 0 Å². The van der Waals surface area contributed by atoms with Gasteiger partial charge in [0.05, 0.1) is 0 Å². The van der Waals surface area contributed by atoms with E-state index < -0.39 is 14.0 Å². The average Bonchev–Trinajstić information content (AvgIpc) is 2.29. The van der Waals surface area contributed by atoms with Gasteiger partial charge in [0.25, 0.3) is 0 Å². The predicted octanol–water partition coefficient (Wildman–Crippen LogP) is 3.78. The Balaban J connectivity index is 3.75. The molecule has 18 heavy (non-hydrogen) atoms. The lowest BCUT2D eigenvalue weighted by molar-refractivity contribution is 0.501. The monoisotopic (exact) mass is 308 g/mol. The normalized spacial score (nSPS) is 15.1. The summed E-state index contributed by atoms with van der Waals surface area (Å²) in [6, 6.07) is 9.98. The minimum atomic E-state index is -3.22. The molecule has 2 nitrogen and oxygen atoms in total. The van der Waals surface area contributed by atoms with Gasteiger partial charge in [0.15, 0.2) is 5.69 Å². The van der Waals surface area contributed by atoms with Gasteiger partial charge >= 0.3 is 0 Å². The Labute approximate surface area is 116 Å². The van der Waals surface area contributed by atoms with Gasteiger partial charge in [0.2, 0.25) is 0 Å². The Morgan fingerprint density at radius 2 is 1.50 bits per heavy atom. The molecule has 1 rings (SSSR count). The van der Waals surface area contributed by atoms with Crippen molar-refractivity contribution in [2.45, 2.75) is 31.6 Å². The first-order valence-electron chi connectivity index (χ1n) is 6.30. The molecule has 0 bridgehead atoms. The molecule has 0 saturated heterocycles.